The van der Waals surface area contributed by atoms with Gasteiger partial charge in [-0.05, 0) is 37.5 Å². The molecule has 3 atom stereocenters. The van der Waals surface area contributed by atoms with Gasteiger partial charge in [-0.15, -0.1) is 11.6 Å². The molecule has 0 bridgehead atoms. The van der Waals surface area contributed by atoms with Crippen LogP contribution < -0.4 is 0 Å². The third-order valence-corrected chi connectivity index (χ3v) is 7.45. The average molecular weight is 452 g/mol. The standard InChI is InChI=1S/C22H26ClNO5S/c1-16-7-11-20(12-8-16)30(27,28)24-15-19(25)10-9-18(24)13-21(29-22(26)14-23)17-5-3-2-4-6-17/h2-8,11-12,18-19,21,25H,9-10,13-15H2,1H3/t18-,19-,21-/m0/s1. The summed E-state index contributed by atoms with van der Waals surface area (Å²) in [6.45, 7) is 1.89. The van der Waals surface area contributed by atoms with Gasteiger partial charge in [-0.3, -0.25) is 4.79 Å². The molecular formula is C22H26ClNO5S. The van der Waals surface area contributed by atoms with Gasteiger partial charge in [0, 0.05) is 19.0 Å². The summed E-state index contributed by atoms with van der Waals surface area (Å²) in [5, 5.41) is 10.2. The van der Waals surface area contributed by atoms with Gasteiger partial charge in [-0.2, -0.15) is 4.31 Å². The number of sulfonamides is 1. The van der Waals surface area contributed by atoms with Crippen LogP contribution in [0.15, 0.2) is 59.5 Å². The van der Waals surface area contributed by atoms with Crippen LogP contribution in [0.2, 0.25) is 0 Å². The number of rotatable bonds is 7. The Hall–Kier alpha value is -1.93. The van der Waals surface area contributed by atoms with Gasteiger partial charge in [-0.1, -0.05) is 48.0 Å². The molecule has 1 aliphatic heterocycles. The third kappa shape index (κ3) is 5.40. The lowest BCUT2D eigenvalue weighted by atomic mass is 9.94. The molecule has 0 aromatic heterocycles. The van der Waals surface area contributed by atoms with Gasteiger partial charge in [0.05, 0.1) is 11.0 Å². The highest BCUT2D eigenvalue weighted by atomic mass is 35.5. The summed E-state index contributed by atoms with van der Waals surface area (Å²) in [6, 6.07) is 15.4. The first kappa shape index (κ1) is 22.7. The minimum absolute atomic E-state index is 0.00579. The molecule has 2 aromatic carbocycles. The van der Waals surface area contributed by atoms with Crippen LogP contribution in [0.5, 0.6) is 0 Å². The van der Waals surface area contributed by atoms with Crippen LogP contribution in [-0.2, 0) is 19.6 Å². The van der Waals surface area contributed by atoms with Crippen molar-refractivity contribution < 1.29 is 23.1 Å². The first-order valence-electron chi connectivity index (χ1n) is 9.88. The number of esters is 1. The van der Waals surface area contributed by atoms with Crippen LogP contribution in [0.3, 0.4) is 0 Å². The lowest BCUT2D eigenvalue weighted by Gasteiger charge is -2.38. The van der Waals surface area contributed by atoms with Crippen molar-refractivity contribution in [3.8, 4) is 0 Å². The number of β-amino-alcohol motifs (C(OH)–C–C–N with tert-alkyl or cyclic N) is 1. The van der Waals surface area contributed by atoms with E-state index in [0.717, 1.165) is 11.1 Å². The van der Waals surface area contributed by atoms with Gasteiger partial charge in [0.15, 0.2) is 0 Å². The molecule has 1 saturated heterocycles. The van der Waals surface area contributed by atoms with Crippen LogP contribution in [0.1, 0.15) is 36.5 Å². The van der Waals surface area contributed by atoms with Crippen molar-refractivity contribution in [3.05, 3.63) is 65.7 Å². The van der Waals surface area contributed by atoms with E-state index in [0.29, 0.717) is 12.8 Å². The van der Waals surface area contributed by atoms with Gasteiger partial charge in [0.25, 0.3) is 0 Å². The molecule has 162 valence electrons. The number of piperidine rings is 1. The fourth-order valence-corrected chi connectivity index (χ4v) is 5.48. The molecule has 1 aliphatic rings. The number of nitrogens with zero attached hydrogens (tertiary/aromatic N) is 1. The molecule has 30 heavy (non-hydrogen) atoms. The second-order valence-corrected chi connectivity index (χ2v) is 9.69. The quantitative estimate of drug-likeness (QED) is 0.515. The zero-order chi connectivity index (χ0) is 21.7. The van der Waals surface area contributed by atoms with Gasteiger partial charge < -0.3 is 9.84 Å². The Bertz CT molecular complexity index is 949. The number of aliphatic hydroxyl groups is 1. The molecule has 0 saturated carbocycles. The number of carbonyl (C=O) groups excluding carboxylic acids is 1. The molecule has 1 N–H and O–H groups in total. The first-order valence-corrected chi connectivity index (χ1v) is 11.9. The summed E-state index contributed by atoms with van der Waals surface area (Å²) in [5.74, 6) is -0.840. The van der Waals surface area contributed by atoms with E-state index in [1.165, 1.54) is 4.31 Å². The molecular weight excluding hydrogens is 426 g/mol. The van der Waals surface area contributed by atoms with E-state index in [1.807, 2.05) is 37.3 Å². The molecule has 3 rings (SSSR count). The normalized spacial score (nSPS) is 21.2. The summed E-state index contributed by atoms with van der Waals surface area (Å²) < 4.78 is 33.6. The number of hydrogen-bond donors (Lipinski definition) is 1. The van der Waals surface area contributed by atoms with E-state index < -0.39 is 34.2 Å². The topological polar surface area (TPSA) is 83.9 Å². The number of ether oxygens (including phenoxy) is 1. The SMILES string of the molecule is Cc1ccc(S(=O)(=O)N2C[C@@H](O)CC[C@H]2C[C@H](OC(=O)CCl)c2ccccc2)cc1. The fourth-order valence-electron chi connectivity index (χ4n) is 3.71. The van der Waals surface area contributed by atoms with Crippen LogP contribution in [-0.4, -0.2) is 48.4 Å². The number of halogens is 1. The minimum Gasteiger partial charge on any atom is -0.457 e. The zero-order valence-corrected chi connectivity index (χ0v) is 18.3. The Balaban J connectivity index is 1.90. The molecule has 0 aliphatic carbocycles. The highest BCUT2D eigenvalue weighted by molar-refractivity contribution is 7.89. The summed E-state index contributed by atoms with van der Waals surface area (Å²) in [7, 11) is -3.82. The van der Waals surface area contributed by atoms with E-state index >= 15 is 0 Å². The van der Waals surface area contributed by atoms with Crippen LogP contribution >= 0.6 is 11.6 Å². The molecule has 1 heterocycles. The average Bonchev–Trinajstić information content (AvgIpc) is 2.75. The second kappa shape index (κ2) is 9.92. The Morgan fingerprint density at radius 2 is 1.83 bits per heavy atom. The molecule has 1 fully saturated rings. The lowest BCUT2D eigenvalue weighted by molar-refractivity contribution is -0.147. The Labute approximate surface area is 182 Å². The fraction of sp³-hybridized carbons (Fsp3) is 0.409. The Morgan fingerprint density at radius 3 is 2.47 bits per heavy atom. The van der Waals surface area contributed by atoms with Crippen molar-refractivity contribution in [2.75, 3.05) is 12.4 Å². The van der Waals surface area contributed by atoms with Gasteiger partial charge in [0.1, 0.15) is 12.0 Å². The maximum Gasteiger partial charge on any atom is 0.321 e. The van der Waals surface area contributed by atoms with Crippen LogP contribution in [0.25, 0.3) is 0 Å². The highest BCUT2D eigenvalue weighted by Crippen LogP contribution is 2.33. The van der Waals surface area contributed by atoms with Gasteiger partial charge in [0.2, 0.25) is 10.0 Å². The lowest BCUT2D eigenvalue weighted by Crippen LogP contribution is -2.49. The molecule has 0 unspecified atom stereocenters. The number of aryl methyl sites for hydroxylation is 1. The molecule has 8 heteroatoms. The predicted molar refractivity (Wildman–Crippen MR) is 115 cm³/mol. The summed E-state index contributed by atoms with van der Waals surface area (Å²) >= 11 is 5.63. The van der Waals surface area contributed by atoms with Crippen molar-refractivity contribution in [1.82, 2.24) is 4.31 Å². The smallest absolute Gasteiger partial charge is 0.321 e. The summed E-state index contributed by atoms with van der Waals surface area (Å²) in [6.07, 6.45) is -0.135. The largest absolute Gasteiger partial charge is 0.457 e. The van der Waals surface area contributed by atoms with E-state index in [9.17, 15) is 18.3 Å². The molecule has 0 spiro atoms. The molecule has 0 amide bonds. The van der Waals surface area contributed by atoms with Crippen molar-refractivity contribution in [3.63, 3.8) is 0 Å². The first-order chi connectivity index (χ1) is 14.3. The monoisotopic (exact) mass is 451 g/mol. The number of aliphatic hydroxyl groups excluding tert-OH is 1. The maximum atomic E-state index is 13.3. The van der Waals surface area contributed by atoms with Crippen LogP contribution in [0, 0.1) is 6.92 Å². The molecule has 0 radical (unpaired) electrons. The maximum absolute atomic E-state index is 13.3. The van der Waals surface area contributed by atoms with E-state index in [-0.39, 0.29) is 23.7 Å². The summed E-state index contributed by atoms with van der Waals surface area (Å²) in [4.78, 5) is 12.1. The minimum atomic E-state index is -3.82. The van der Waals surface area contributed by atoms with Crippen molar-refractivity contribution in [2.24, 2.45) is 0 Å². The van der Waals surface area contributed by atoms with Crippen molar-refractivity contribution >= 4 is 27.6 Å². The zero-order valence-electron chi connectivity index (χ0n) is 16.8. The Kier molecular flexibility index (Phi) is 7.52. The third-order valence-electron chi connectivity index (χ3n) is 5.30. The second-order valence-electron chi connectivity index (χ2n) is 7.53. The number of hydrogen-bond acceptors (Lipinski definition) is 5. The number of alkyl halides is 1. The van der Waals surface area contributed by atoms with Crippen molar-refractivity contribution in [1.29, 1.82) is 0 Å². The van der Waals surface area contributed by atoms with Gasteiger partial charge >= 0.3 is 5.97 Å². The van der Waals surface area contributed by atoms with Gasteiger partial charge in [-0.25, -0.2) is 8.42 Å². The van der Waals surface area contributed by atoms with Crippen LogP contribution in [0.4, 0.5) is 0 Å². The Morgan fingerprint density at radius 1 is 1.17 bits per heavy atom. The van der Waals surface area contributed by atoms with E-state index in [2.05, 4.69) is 0 Å². The van der Waals surface area contributed by atoms with Crippen molar-refractivity contribution in [2.45, 2.75) is 49.3 Å². The number of carbonyl (C=O) groups is 1. The van der Waals surface area contributed by atoms with E-state index in [1.54, 1.807) is 24.3 Å². The summed E-state index contributed by atoms with van der Waals surface area (Å²) in [5.41, 5.74) is 1.73. The molecule has 6 nitrogen and oxygen atoms in total. The van der Waals surface area contributed by atoms with E-state index in [4.69, 9.17) is 16.3 Å². The molecule has 2 aromatic rings. The highest BCUT2D eigenvalue weighted by Gasteiger charge is 2.38. The predicted octanol–water partition coefficient (Wildman–Crippen LogP) is 3.42. The number of benzene rings is 2.